The Labute approximate surface area is 116 Å². The van der Waals surface area contributed by atoms with Crippen molar-refractivity contribution >= 4 is 11.6 Å². The lowest BCUT2D eigenvalue weighted by Crippen LogP contribution is -2.08. The molecule has 1 rings (SSSR count). The highest BCUT2D eigenvalue weighted by Crippen LogP contribution is 2.16. The van der Waals surface area contributed by atoms with E-state index in [0.29, 0.717) is 17.9 Å². The summed E-state index contributed by atoms with van der Waals surface area (Å²) in [5.41, 5.74) is 1.86. The molecule has 0 atom stereocenters. The average Bonchev–Trinajstić information content (AvgIpc) is 2.39. The first-order chi connectivity index (χ1) is 9.04. The lowest BCUT2D eigenvalue weighted by molar-refractivity contribution is -0.118. The molecule has 19 heavy (non-hydrogen) atoms. The third-order valence-electron chi connectivity index (χ3n) is 3.32. The van der Waals surface area contributed by atoms with Crippen molar-refractivity contribution in [3.8, 4) is 0 Å². The van der Waals surface area contributed by atoms with Gasteiger partial charge in [0, 0.05) is 12.0 Å². The molecule has 0 radical (unpaired) electrons. The van der Waals surface area contributed by atoms with Crippen molar-refractivity contribution < 1.29 is 9.59 Å². The van der Waals surface area contributed by atoms with E-state index in [9.17, 15) is 9.59 Å². The van der Waals surface area contributed by atoms with Gasteiger partial charge in [0.25, 0.3) is 0 Å². The molecule has 0 aliphatic carbocycles. The second kappa shape index (κ2) is 7.88. The maximum atomic E-state index is 11.9. The van der Waals surface area contributed by atoms with Crippen molar-refractivity contribution in [2.75, 3.05) is 0 Å². The second-order valence-electron chi connectivity index (χ2n) is 5.37. The third kappa shape index (κ3) is 5.37. The molecule has 0 aliphatic rings. The van der Waals surface area contributed by atoms with Gasteiger partial charge in [-0.15, -0.1) is 0 Å². The molecule has 1 aromatic carbocycles. The number of benzene rings is 1. The Morgan fingerprint density at radius 2 is 1.68 bits per heavy atom. The molecule has 2 heteroatoms. The first-order valence-corrected chi connectivity index (χ1v) is 7.19. The average molecular weight is 260 g/mol. The van der Waals surface area contributed by atoms with Crippen LogP contribution < -0.4 is 0 Å². The molecule has 0 saturated heterocycles. The number of carbonyl (C=O) groups excluding carboxylic acids is 2. The lowest BCUT2D eigenvalue weighted by Gasteiger charge is -2.06. The Bertz CT molecular complexity index is 415. The van der Waals surface area contributed by atoms with E-state index < -0.39 is 0 Å². The van der Waals surface area contributed by atoms with Gasteiger partial charge in [-0.1, -0.05) is 57.9 Å². The molecule has 0 aliphatic heterocycles. The van der Waals surface area contributed by atoms with E-state index in [4.69, 9.17) is 0 Å². The quantitative estimate of drug-likeness (QED) is 0.391. The van der Waals surface area contributed by atoms with Crippen molar-refractivity contribution in [1.82, 2.24) is 0 Å². The fourth-order valence-corrected chi connectivity index (χ4v) is 2.00. The molecule has 0 aromatic heterocycles. The van der Waals surface area contributed by atoms with Crippen LogP contribution in [0.1, 0.15) is 74.7 Å². The zero-order valence-corrected chi connectivity index (χ0v) is 12.2. The van der Waals surface area contributed by atoms with Crippen LogP contribution in [0.5, 0.6) is 0 Å². The van der Waals surface area contributed by atoms with Crippen LogP contribution in [0.25, 0.3) is 0 Å². The summed E-state index contributed by atoms with van der Waals surface area (Å²) in [7, 11) is 0. The predicted octanol–water partition coefficient (Wildman–Crippen LogP) is 4.53. The number of hydrogen-bond donors (Lipinski definition) is 0. The van der Waals surface area contributed by atoms with Crippen LogP contribution in [0.4, 0.5) is 0 Å². The molecule has 0 unspecified atom stereocenters. The van der Waals surface area contributed by atoms with Crippen molar-refractivity contribution in [3.63, 3.8) is 0 Å². The van der Waals surface area contributed by atoms with Crippen molar-refractivity contribution in [3.05, 3.63) is 35.4 Å². The highest BCUT2D eigenvalue weighted by molar-refractivity contribution is 6.07. The van der Waals surface area contributed by atoms with E-state index in [1.54, 1.807) is 0 Å². The minimum atomic E-state index is -0.0585. The number of ketones is 2. The fraction of sp³-hybridized carbons (Fsp3) is 0.529. The molecule has 0 spiro atoms. The van der Waals surface area contributed by atoms with Gasteiger partial charge >= 0.3 is 0 Å². The molecule has 0 fully saturated rings. The molecule has 0 N–H and O–H groups in total. The number of unbranched alkanes of at least 4 members (excludes halogenated alkanes) is 2. The summed E-state index contributed by atoms with van der Waals surface area (Å²) in [6.45, 7) is 6.34. The van der Waals surface area contributed by atoms with Crippen LogP contribution in [0, 0.1) is 0 Å². The molecule has 1 aromatic rings. The van der Waals surface area contributed by atoms with Gasteiger partial charge in [-0.25, -0.2) is 0 Å². The monoisotopic (exact) mass is 260 g/mol. The van der Waals surface area contributed by atoms with Gasteiger partial charge in [0.1, 0.15) is 5.78 Å². The molecule has 0 amide bonds. The lowest BCUT2D eigenvalue weighted by atomic mass is 9.98. The minimum absolute atomic E-state index is 0.0464. The Balaban J connectivity index is 2.51. The van der Waals surface area contributed by atoms with Crippen molar-refractivity contribution in [2.24, 2.45) is 0 Å². The number of carbonyl (C=O) groups is 2. The van der Waals surface area contributed by atoms with Gasteiger partial charge in [-0.05, 0) is 17.9 Å². The Hall–Kier alpha value is -1.44. The first kappa shape index (κ1) is 15.6. The van der Waals surface area contributed by atoms with Crippen molar-refractivity contribution in [2.45, 2.75) is 58.8 Å². The predicted molar refractivity (Wildman–Crippen MR) is 78.6 cm³/mol. The van der Waals surface area contributed by atoms with E-state index in [2.05, 4.69) is 20.8 Å². The molecule has 0 heterocycles. The highest BCUT2D eigenvalue weighted by atomic mass is 16.1. The molecule has 0 saturated carbocycles. The van der Waals surface area contributed by atoms with E-state index in [-0.39, 0.29) is 18.0 Å². The van der Waals surface area contributed by atoms with Crippen LogP contribution in [-0.2, 0) is 4.79 Å². The van der Waals surface area contributed by atoms with Crippen LogP contribution in [0.15, 0.2) is 24.3 Å². The summed E-state index contributed by atoms with van der Waals surface area (Å²) in [6, 6.07) is 7.60. The zero-order valence-electron chi connectivity index (χ0n) is 12.2. The maximum Gasteiger partial charge on any atom is 0.170 e. The third-order valence-corrected chi connectivity index (χ3v) is 3.32. The smallest absolute Gasteiger partial charge is 0.170 e. The van der Waals surface area contributed by atoms with E-state index in [0.717, 1.165) is 19.3 Å². The summed E-state index contributed by atoms with van der Waals surface area (Å²) in [6.07, 6.45) is 3.63. The van der Waals surface area contributed by atoms with E-state index in [1.807, 2.05) is 24.3 Å². The molecule has 104 valence electrons. The molecule has 2 nitrogen and oxygen atoms in total. The molecular formula is C17H24O2. The van der Waals surface area contributed by atoms with Gasteiger partial charge in [-0.3, -0.25) is 9.59 Å². The SMILES string of the molecule is CCCCCC(=O)CC(=O)c1ccc(C(C)C)cc1. The fourth-order valence-electron chi connectivity index (χ4n) is 2.00. The van der Waals surface area contributed by atoms with Crippen LogP contribution in [-0.4, -0.2) is 11.6 Å². The number of hydrogen-bond acceptors (Lipinski definition) is 2. The van der Waals surface area contributed by atoms with Crippen LogP contribution >= 0.6 is 0 Å². The van der Waals surface area contributed by atoms with Gasteiger partial charge in [0.2, 0.25) is 0 Å². The zero-order chi connectivity index (χ0) is 14.3. The standard InChI is InChI=1S/C17H24O2/c1-4-5-6-7-16(18)12-17(19)15-10-8-14(9-11-15)13(2)3/h8-11,13H,4-7,12H2,1-3H3. The van der Waals surface area contributed by atoms with Gasteiger partial charge < -0.3 is 0 Å². The second-order valence-corrected chi connectivity index (χ2v) is 5.37. The van der Waals surface area contributed by atoms with E-state index >= 15 is 0 Å². The van der Waals surface area contributed by atoms with Gasteiger partial charge in [-0.2, -0.15) is 0 Å². The largest absolute Gasteiger partial charge is 0.299 e. The van der Waals surface area contributed by atoms with Gasteiger partial charge in [0.05, 0.1) is 6.42 Å². The topological polar surface area (TPSA) is 34.1 Å². The highest BCUT2D eigenvalue weighted by Gasteiger charge is 2.11. The summed E-state index contributed by atoms with van der Waals surface area (Å²) in [5, 5.41) is 0. The summed E-state index contributed by atoms with van der Waals surface area (Å²) >= 11 is 0. The Morgan fingerprint density at radius 3 is 2.21 bits per heavy atom. The van der Waals surface area contributed by atoms with E-state index in [1.165, 1.54) is 5.56 Å². The molecular weight excluding hydrogens is 236 g/mol. The Kier molecular flexibility index (Phi) is 6.48. The van der Waals surface area contributed by atoms with Crippen LogP contribution in [0.2, 0.25) is 0 Å². The normalized spacial score (nSPS) is 10.7. The first-order valence-electron chi connectivity index (χ1n) is 7.19. The number of rotatable bonds is 8. The molecule has 0 bridgehead atoms. The van der Waals surface area contributed by atoms with Crippen molar-refractivity contribution in [1.29, 1.82) is 0 Å². The maximum absolute atomic E-state index is 11.9. The number of Topliss-reactive ketones (excluding diaryl/α,β-unsaturated/α-hetero) is 2. The Morgan fingerprint density at radius 1 is 1.05 bits per heavy atom. The minimum Gasteiger partial charge on any atom is -0.299 e. The summed E-state index contributed by atoms with van der Waals surface area (Å²) in [4.78, 5) is 23.6. The van der Waals surface area contributed by atoms with Gasteiger partial charge in [0.15, 0.2) is 5.78 Å². The summed E-state index contributed by atoms with van der Waals surface area (Å²) in [5.74, 6) is 0.461. The van der Waals surface area contributed by atoms with Crippen LogP contribution in [0.3, 0.4) is 0 Å². The summed E-state index contributed by atoms with van der Waals surface area (Å²) < 4.78 is 0.